The van der Waals surface area contributed by atoms with Gasteiger partial charge in [0.15, 0.2) is 17.3 Å². The fraction of sp³-hybridized carbons (Fsp3) is 0.429. The highest BCUT2D eigenvalue weighted by molar-refractivity contribution is 5.43. The van der Waals surface area contributed by atoms with Crippen LogP contribution in [-0.4, -0.2) is 29.9 Å². The molecule has 0 spiro atoms. The largest absolute Gasteiger partial charge is 0.486 e. The molecule has 0 aliphatic carbocycles. The van der Waals surface area contributed by atoms with Crippen molar-refractivity contribution in [3.05, 3.63) is 35.5 Å². The zero-order chi connectivity index (χ0) is 13.8. The summed E-state index contributed by atoms with van der Waals surface area (Å²) in [7, 11) is 0. The second-order valence-corrected chi connectivity index (χ2v) is 4.64. The van der Waals surface area contributed by atoms with Crippen molar-refractivity contribution in [2.24, 2.45) is 0 Å². The Bertz CT molecular complexity index is 583. The van der Waals surface area contributed by atoms with Gasteiger partial charge in [0, 0.05) is 19.5 Å². The molecule has 0 bridgehead atoms. The predicted molar refractivity (Wildman–Crippen MR) is 71.9 cm³/mol. The fourth-order valence-corrected chi connectivity index (χ4v) is 2.07. The third kappa shape index (κ3) is 3.08. The van der Waals surface area contributed by atoms with Crippen LogP contribution in [0.5, 0.6) is 11.5 Å². The van der Waals surface area contributed by atoms with Gasteiger partial charge in [-0.3, -0.25) is 0 Å². The lowest BCUT2D eigenvalue weighted by Gasteiger charge is -2.18. The molecule has 0 atom stereocenters. The van der Waals surface area contributed by atoms with Crippen LogP contribution in [0.2, 0.25) is 0 Å². The highest BCUT2D eigenvalue weighted by atomic mass is 16.6. The van der Waals surface area contributed by atoms with E-state index in [0.29, 0.717) is 24.9 Å². The molecule has 106 valence electrons. The Hall–Kier alpha value is -2.08. The van der Waals surface area contributed by atoms with E-state index in [1.165, 1.54) is 0 Å². The molecule has 20 heavy (non-hydrogen) atoms. The second-order valence-electron chi connectivity index (χ2n) is 4.64. The number of nitrogens with one attached hydrogen (secondary N) is 1. The molecule has 1 aromatic carbocycles. The summed E-state index contributed by atoms with van der Waals surface area (Å²) in [6.07, 6.45) is 0.728. The van der Waals surface area contributed by atoms with E-state index in [9.17, 15) is 0 Å². The summed E-state index contributed by atoms with van der Waals surface area (Å²) in [5, 5.41) is 7.10. The van der Waals surface area contributed by atoms with Gasteiger partial charge in [0.25, 0.3) is 0 Å². The number of hydrogen-bond acceptors (Lipinski definition) is 6. The molecule has 1 aliphatic rings. The molecule has 6 heteroatoms. The Kier molecular flexibility index (Phi) is 3.83. The van der Waals surface area contributed by atoms with Gasteiger partial charge in [0.05, 0.1) is 0 Å². The van der Waals surface area contributed by atoms with Crippen molar-refractivity contribution in [1.82, 2.24) is 15.5 Å². The molecule has 0 saturated carbocycles. The first kappa shape index (κ1) is 12.9. The monoisotopic (exact) mass is 275 g/mol. The Morgan fingerprint density at radius 2 is 2.05 bits per heavy atom. The Morgan fingerprint density at radius 3 is 2.85 bits per heavy atom. The van der Waals surface area contributed by atoms with Gasteiger partial charge in [-0.05, 0) is 24.6 Å². The first-order valence-corrected chi connectivity index (χ1v) is 6.70. The van der Waals surface area contributed by atoms with Crippen molar-refractivity contribution in [1.29, 1.82) is 0 Å². The Labute approximate surface area is 117 Å². The van der Waals surface area contributed by atoms with Crippen LogP contribution in [0.4, 0.5) is 0 Å². The Morgan fingerprint density at radius 1 is 1.20 bits per heavy atom. The van der Waals surface area contributed by atoms with Crippen molar-refractivity contribution in [2.75, 3.05) is 19.8 Å². The van der Waals surface area contributed by atoms with Crippen LogP contribution in [0, 0.1) is 6.92 Å². The van der Waals surface area contributed by atoms with Gasteiger partial charge in [-0.1, -0.05) is 11.2 Å². The summed E-state index contributed by atoms with van der Waals surface area (Å²) in [5.74, 6) is 2.98. The molecule has 2 aromatic rings. The minimum Gasteiger partial charge on any atom is -0.486 e. The second kappa shape index (κ2) is 5.92. The third-order valence-corrected chi connectivity index (χ3v) is 3.02. The fourth-order valence-electron chi connectivity index (χ4n) is 2.07. The number of rotatable bonds is 5. The number of benzene rings is 1. The molecule has 1 N–H and O–H groups in total. The summed E-state index contributed by atoms with van der Waals surface area (Å²) >= 11 is 0. The molecule has 1 aromatic heterocycles. The van der Waals surface area contributed by atoms with Gasteiger partial charge in [0.1, 0.15) is 13.2 Å². The maximum atomic E-state index is 5.56. The summed E-state index contributed by atoms with van der Waals surface area (Å²) in [6.45, 7) is 4.60. The molecule has 3 rings (SSSR count). The van der Waals surface area contributed by atoms with Gasteiger partial charge in [0.2, 0.25) is 5.89 Å². The van der Waals surface area contributed by atoms with E-state index >= 15 is 0 Å². The van der Waals surface area contributed by atoms with Gasteiger partial charge in [-0.2, -0.15) is 4.98 Å². The average Bonchev–Trinajstić information content (AvgIpc) is 2.89. The van der Waals surface area contributed by atoms with Crippen LogP contribution in [-0.2, 0) is 13.0 Å². The van der Waals surface area contributed by atoms with Gasteiger partial charge < -0.3 is 19.3 Å². The molecule has 2 heterocycles. The molecular formula is C14H17N3O3. The topological polar surface area (TPSA) is 69.4 Å². The van der Waals surface area contributed by atoms with Crippen molar-refractivity contribution < 1.29 is 14.0 Å². The van der Waals surface area contributed by atoms with Gasteiger partial charge in [-0.25, -0.2) is 0 Å². The number of hydrogen-bond donors (Lipinski definition) is 1. The van der Waals surface area contributed by atoms with E-state index in [2.05, 4.69) is 15.5 Å². The van der Waals surface area contributed by atoms with Gasteiger partial charge in [-0.15, -0.1) is 0 Å². The standard InChI is InChI=1S/C14H17N3O3/c1-10-16-14(20-17-10)4-5-15-9-11-2-3-12-13(8-11)19-7-6-18-12/h2-3,8,15H,4-7,9H2,1H3. The molecule has 0 unspecified atom stereocenters. The summed E-state index contributed by atoms with van der Waals surface area (Å²) in [6, 6.07) is 6.00. The normalized spacial score (nSPS) is 13.4. The number of aromatic nitrogens is 2. The summed E-state index contributed by atoms with van der Waals surface area (Å²) in [4.78, 5) is 4.16. The van der Waals surface area contributed by atoms with E-state index in [4.69, 9.17) is 14.0 Å². The van der Waals surface area contributed by atoms with E-state index in [-0.39, 0.29) is 0 Å². The maximum Gasteiger partial charge on any atom is 0.227 e. The molecule has 0 radical (unpaired) electrons. The minimum atomic E-state index is 0.612. The molecule has 6 nitrogen and oxygen atoms in total. The van der Waals surface area contributed by atoms with Crippen molar-refractivity contribution in [2.45, 2.75) is 19.9 Å². The van der Waals surface area contributed by atoms with Crippen LogP contribution < -0.4 is 14.8 Å². The van der Waals surface area contributed by atoms with Crippen LogP contribution in [0.3, 0.4) is 0 Å². The lowest BCUT2D eigenvalue weighted by molar-refractivity contribution is 0.171. The number of aryl methyl sites for hydroxylation is 1. The highest BCUT2D eigenvalue weighted by Gasteiger charge is 2.11. The van der Waals surface area contributed by atoms with Crippen LogP contribution in [0.1, 0.15) is 17.3 Å². The lowest BCUT2D eigenvalue weighted by atomic mass is 10.2. The van der Waals surface area contributed by atoms with Crippen molar-refractivity contribution >= 4 is 0 Å². The smallest absolute Gasteiger partial charge is 0.227 e. The zero-order valence-electron chi connectivity index (χ0n) is 11.4. The van der Waals surface area contributed by atoms with Crippen LogP contribution in [0.25, 0.3) is 0 Å². The first-order chi connectivity index (χ1) is 9.81. The molecular weight excluding hydrogens is 258 g/mol. The third-order valence-electron chi connectivity index (χ3n) is 3.02. The van der Waals surface area contributed by atoms with E-state index in [1.54, 1.807) is 0 Å². The molecule has 0 amide bonds. The molecule has 0 saturated heterocycles. The lowest BCUT2D eigenvalue weighted by Crippen LogP contribution is -2.18. The summed E-state index contributed by atoms with van der Waals surface area (Å²) < 4.78 is 16.1. The minimum absolute atomic E-state index is 0.612. The van der Waals surface area contributed by atoms with Crippen LogP contribution in [0.15, 0.2) is 22.7 Å². The van der Waals surface area contributed by atoms with Gasteiger partial charge >= 0.3 is 0 Å². The molecule has 1 aliphatic heterocycles. The highest BCUT2D eigenvalue weighted by Crippen LogP contribution is 2.30. The van der Waals surface area contributed by atoms with Crippen molar-refractivity contribution in [3.63, 3.8) is 0 Å². The van der Waals surface area contributed by atoms with Crippen molar-refractivity contribution in [3.8, 4) is 11.5 Å². The quantitative estimate of drug-likeness (QED) is 0.834. The Balaban J connectivity index is 1.48. The number of ether oxygens (including phenoxy) is 2. The predicted octanol–water partition coefficient (Wildman–Crippen LogP) is 1.48. The summed E-state index contributed by atoms with van der Waals surface area (Å²) in [5.41, 5.74) is 1.16. The number of nitrogens with zero attached hydrogens (tertiary/aromatic N) is 2. The average molecular weight is 275 g/mol. The van der Waals surface area contributed by atoms with E-state index < -0.39 is 0 Å². The van der Waals surface area contributed by atoms with E-state index in [1.807, 2.05) is 25.1 Å². The SMILES string of the molecule is Cc1noc(CCNCc2ccc3c(c2)OCCO3)n1. The number of fused-ring (bicyclic) bond motifs is 1. The first-order valence-electron chi connectivity index (χ1n) is 6.70. The maximum absolute atomic E-state index is 5.56. The zero-order valence-corrected chi connectivity index (χ0v) is 11.4. The van der Waals surface area contributed by atoms with Crippen LogP contribution >= 0.6 is 0 Å². The molecule has 0 fully saturated rings. The van der Waals surface area contributed by atoms with E-state index in [0.717, 1.165) is 36.6 Å².